The fraction of sp³-hybridized carbons (Fsp3) is 0.500. The van der Waals surface area contributed by atoms with E-state index < -0.39 is 10.9 Å². The van der Waals surface area contributed by atoms with Crippen molar-refractivity contribution < 1.29 is 19.6 Å². The molecule has 0 aliphatic rings. The largest absolute Gasteiger partial charge is 0.481 e. The number of nitrogens with zero attached hydrogens (tertiary/aromatic N) is 2. The van der Waals surface area contributed by atoms with Crippen molar-refractivity contribution in [1.82, 2.24) is 4.90 Å². The van der Waals surface area contributed by atoms with Gasteiger partial charge in [0.1, 0.15) is 0 Å². The molecule has 0 heterocycles. The Morgan fingerprint density at radius 2 is 1.88 bits per heavy atom. The Morgan fingerprint density at radius 1 is 1.25 bits per heavy atom. The van der Waals surface area contributed by atoms with Gasteiger partial charge in [0.15, 0.2) is 0 Å². The number of rotatable bonds is 10. The molecule has 1 rings (SSSR count). The van der Waals surface area contributed by atoms with E-state index in [1.54, 1.807) is 17.0 Å². The molecule has 0 atom stereocenters. The van der Waals surface area contributed by atoms with Crippen LogP contribution in [0.15, 0.2) is 24.3 Å². The second kappa shape index (κ2) is 9.49. The first-order chi connectivity index (χ1) is 11.3. The highest BCUT2D eigenvalue weighted by Gasteiger charge is 2.17. The maximum absolute atomic E-state index is 12.2. The van der Waals surface area contributed by atoms with E-state index in [0.29, 0.717) is 19.4 Å². The summed E-state index contributed by atoms with van der Waals surface area (Å²) in [5.41, 5.74) is 0.779. The van der Waals surface area contributed by atoms with Crippen LogP contribution in [-0.4, -0.2) is 45.9 Å². The topological polar surface area (TPSA) is 113 Å². The highest BCUT2D eigenvalue weighted by Crippen LogP contribution is 2.15. The lowest BCUT2D eigenvalue weighted by molar-refractivity contribution is -0.384. The van der Waals surface area contributed by atoms with Gasteiger partial charge in [-0.1, -0.05) is 0 Å². The van der Waals surface area contributed by atoms with Crippen molar-refractivity contribution in [2.24, 2.45) is 0 Å². The quantitative estimate of drug-likeness (QED) is 0.385. The van der Waals surface area contributed by atoms with Crippen LogP contribution >= 0.6 is 0 Å². The number of benzene rings is 1. The summed E-state index contributed by atoms with van der Waals surface area (Å²) >= 11 is 0. The molecule has 1 amide bonds. The van der Waals surface area contributed by atoms with Gasteiger partial charge in [-0.2, -0.15) is 0 Å². The van der Waals surface area contributed by atoms with Gasteiger partial charge in [0.05, 0.1) is 11.3 Å². The first-order valence-electron chi connectivity index (χ1n) is 7.81. The van der Waals surface area contributed by atoms with Crippen molar-refractivity contribution in [2.75, 3.05) is 18.4 Å². The molecule has 0 bridgehead atoms. The smallest absolute Gasteiger partial charge is 0.305 e. The molecule has 132 valence electrons. The van der Waals surface area contributed by atoms with Crippen LogP contribution in [0.3, 0.4) is 0 Å². The van der Waals surface area contributed by atoms with Crippen LogP contribution in [0.5, 0.6) is 0 Å². The highest BCUT2D eigenvalue weighted by atomic mass is 16.6. The van der Waals surface area contributed by atoms with E-state index in [-0.39, 0.29) is 30.6 Å². The van der Waals surface area contributed by atoms with Gasteiger partial charge in [-0.05, 0) is 32.4 Å². The molecule has 1 aromatic rings. The molecule has 2 N–H and O–H groups in total. The van der Waals surface area contributed by atoms with Gasteiger partial charge in [0.2, 0.25) is 5.91 Å². The second-order valence-electron chi connectivity index (χ2n) is 5.66. The van der Waals surface area contributed by atoms with Crippen molar-refractivity contribution in [3.05, 3.63) is 34.4 Å². The monoisotopic (exact) mass is 337 g/mol. The molecule has 0 aromatic heterocycles. The Balaban J connectivity index is 2.38. The first-order valence-corrected chi connectivity index (χ1v) is 7.81. The first kappa shape index (κ1) is 19.4. The molecule has 0 saturated carbocycles. The van der Waals surface area contributed by atoms with E-state index in [1.165, 1.54) is 12.1 Å². The average Bonchev–Trinajstić information content (AvgIpc) is 2.51. The van der Waals surface area contributed by atoms with Gasteiger partial charge in [-0.3, -0.25) is 19.7 Å². The summed E-state index contributed by atoms with van der Waals surface area (Å²) in [6, 6.07) is 6.03. The number of non-ortho nitro benzene ring substituents is 1. The summed E-state index contributed by atoms with van der Waals surface area (Å²) < 4.78 is 0. The number of amides is 1. The van der Waals surface area contributed by atoms with E-state index >= 15 is 0 Å². The average molecular weight is 337 g/mol. The van der Waals surface area contributed by atoms with Crippen LogP contribution in [0.25, 0.3) is 0 Å². The Kier molecular flexibility index (Phi) is 7.67. The van der Waals surface area contributed by atoms with Gasteiger partial charge in [0.25, 0.3) is 5.69 Å². The molecule has 0 spiro atoms. The zero-order valence-electron chi connectivity index (χ0n) is 13.9. The molecule has 8 heteroatoms. The normalized spacial score (nSPS) is 10.5. The lowest BCUT2D eigenvalue weighted by Gasteiger charge is -2.26. The summed E-state index contributed by atoms with van der Waals surface area (Å²) in [5.74, 6) is -0.995. The molecule has 1 aromatic carbocycles. The maximum Gasteiger partial charge on any atom is 0.305 e. The van der Waals surface area contributed by atoms with Gasteiger partial charge in [0, 0.05) is 43.4 Å². The van der Waals surface area contributed by atoms with Crippen molar-refractivity contribution in [2.45, 2.75) is 39.2 Å². The van der Waals surface area contributed by atoms with Crippen molar-refractivity contribution in [3.63, 3.8) is 0 Å². The number of hydrogen-bond donors (Lipinski definition) is 2. The van der Waals surface area contributed by atoms with Crippen LogP contribution in [0.2, 0.25) is 0 Å². The number of nitrogens with one attached hydrogen (secondary N) is 1. The number of aliphatic carboxylic acids is 1. The van der Waals surface area contributed by atoms with Gasteiger partial charge in [-0.15, -0.1) is 0 Å². The summed E-state index contributed by atoms with van der Waals surface area (Å²) in [6.45, 7) is 4.47. The van der Waals surface area contributed by atoms with Crippen LogP contribution in [0, 0.1) is 10.1 Å². The zero-order valence-corrected chi connectivity index (χ0v) is 13.9. The van der Waals surface area contributed by atoms with Crippen LogP contribution in [-0.2, 0) is 9.59 Å². The summed E-state index contributed by atoms with van der Waals surface area (Å²) in [4.78, 5) is 34.5. The fourth-order valence-corrected chi connectivity index (χ4v) is 2.20. The predicted molar refractivity (Wildman–Crippen MR) is 89.9 cm³/mol. The summed E-state index contributed by atoms with van der Waals surface area (Å²) in [7, 11) is 0. The van der Waals surface area contributed by atoms with Gasteiger partial charge < -0.3 is 15.3 Å². The lowest BCUT2D eigenvalue weighted by atomic mass is 10.2. The van der Waals surface area contributed by atoms with Crippen LogP contribution in [0.4, 0.5) is 11.4 Å². The molecule has 0 saturated heterocycles. The molecule has 0 unspecified atom stereocenters. The number of carboxylic acids is 1. The zero-order chi connectivity index (χ0) is 18.1. The lowest BCUT2D eigenvalue weighted by Crippen LogP contribution is -2.38. The van der Waals surface area contributed by atoms with E-state index in [4.69, 9.17) is 5.11 Å². The number of carboxylic acid groups (broad SMARTS) is 1. The molecule has 0 aliphatic carbocycles. The number of nitro groups is 1. The SMILES string of the molecule is CC(C)N(CCC(=O)O)C(=O)CCCNc1ccc([N+](=O)[O-])cc1. The fourth-order valence-electron chi connectivity index (χ4n) is 2.20. The number of anilines is 1. The minimum absolute atomic E-state index is 0.0294. The third-order valence-electron chi connectivity index (χ3n) is 3.48. The Hall–Kier alpha value is -2.64. The molecule has 0 fully saturated rings. The van der Waals surface area contributed by atoms with Crippen LogP contribution < -0.4 is 5.32 Å². The molecule has 0 aliphatic heterocycles. The Labute approximate surface area is 140 Å². The molecular weight excluding hydrogens is 314 g/mol. The minimum Gasteiger partial charge on any atom is -0.481 e. The third-order valence-corrected chi connectivity index (χ3v) is 3.48. The second-order valence-corrected chi connectivity index (χ2v) is 5.66. The summed E-state index contributed by atoms with van der Waals surface area (Å²) in [6.07, 6.45) is 0.842. The van der Waals surface area contributed by atoms with Crippen molar-refractivity contribution in [3.8, 4) is 0 Å². The molecule has 0 radical (unpaired) electrons. The van der Waals surface area contributed by atoms with E-state index in [0.717, 1.165) is 5.69 Å². The Morgan fingerprint density at radius 3 is 2.38 bits per heavy atom. The molecule has 24 heavy (non-hydrogen) atoms. The number of carbonyl (C=O) groups excluding carboxylic acids is 1. The number of nitro benzene ring substituents is 1. The minimum atomic E-state index is -0.923. The third kappa shape index (κ3) is 6.64. The van der Waals surface area contributed by atoms with Gasteiger partial charge in [-0.25, -0.2) is 0 Å². The maximum atomic E-state index is 12.2. The molecule has 8 nitrogen and oxygen atoms in total. The number of carbonyl (C=O) groups is 2. The number of hydrogen-bond acceptors (Lipinski definition) is 5. The van der Waals surface area contributed by atoms with Gasteiger partial charge >= 0.3 is 5.97 Å². The highest BCUT2D eigenvalue weighted by molar-refractivity contribution is 5.77. The van der Waals surface area contributed by atoms with E-state index in [2.05, 4.69) is 5.32 Å². The predicted octanol–water partition coefficient (Wildman–Crippen LogP) is 2.50. The molecular formula is C16H23N3O5. The summed E-state index contributed by atoms with van der Waals surface area (Å²) in [5, 5.41) is 22.4. The van der Waals surface area contributed by atoms with Crippen molar-refractivity contribution in [1.29, 1.82) is 0 Å². The standard InChI is InChI=1S/C16H23N3O5/c1-12(2)18(11-9-16(21)22)15(20)4-3-10-17-13-5-7-14(8-6-13)19(23)24/h5-8,12,17H,3-4,9-11H2,1-2H3,(H,21,22). The Bertz CT molecular complexity index is 572. The van der Waals surface area contributed by atoms with E-state index in [9.17, 15) is 19.7 Å². The van der Waals surface area contributed by atoms with Crippen molar-refractivity contribution >= 4 is 23.3 Å². The van der Waals surface area contributed by atoms with E-state index in [1.807, 2.05) is 13.8 Å². The van der Waals surface area contributed by atoms with Crippen LogP contribution in [0.1, 0.15) is 33.1 Å².